The van der Waals surface area contributed by atoms with Crippen molar-refractivity contribution in [3.8, 4) is 6.07 Å². The molecule has 0 amide bonds. The van der Waals surface area contributed by atoms with Crippen LogP contribution in [0, 0.1) is 11.3 Å². The van der Waals surface area contributed by atoms with Crippen LogP contribution in [0.15, 0.2) is 18.2 Å². The molecule has 6 nitrogen and oxygen atoms in total. The van der Waals surface area contributed by atoms with Gasteiger partial charge < -0.3 is 10.2 Å². The molecule has 1 saturated heterocycles. The van der Waals surface area contributed by atoms with Gasteiger partial charge in [0.15, 0.2) is 0 Å². The average Bonchev–Trinajstić information content (AvgIpc) is 2.47. The molecule has 0 unspecified atom stereocenters. The van der Waals surface area contributed by atoms with E-state index in [-0.39, 0.29) is 0 Å². The molecule has 1 aromatic carbocycles. The maximum atomic E-state index is 11.5. The van der Waals surface area contributed by atoms with Gasteiger partial charge >= 0.3 is 0 Å². The third-order valence-electron chi connectivity index (χ3n) is 3.61. The van der Waals surface area contributed by atoms with E-state index in [0.717, 1.165) is 17.8 Å². The number of hydrogen-bond acceptors (Lipinski definition) is 5. The van der Waals surface area contributed by atoms with Crippen LogP contribution in [0.2, 0.25) is 0 Å². The maximum Gasteiger partial charge on any atom is 0.211 e. The van der Waals surface area contributed by atoms with Crippen LogP contribution in [0.1, 0.15) is 11.1 Å². The summed E-state index contributed by atoms with van der Waals surface area (Å²) in [5.74, 6) is 0. The molecule has 1 N–H and O–H groups in total. The predicted octanol–water partition coefficient (Wildman–Crippen LogP) is 0.359. The van der Waals surface area contributed by atoms with Crippen LogP contribution in [0.25, 0.3) is 0 Å². The fraction of sp³-hybridized carbons (Fsp3) is 0.500. The van der Waals surface area contributed by atoms with Gasteiger partial charge in [0.1, 0.15) is 6.07 Å². The highest BCUT2D eigenvalue weighted by Gasteiger charge is 2.24. The van der Waals surface area contributed by atoms with E-state index in [1.165, 1.54) is 10.6 Å². The van der Waals surface area contributed by atoms with Gasteiger partial charge in [0.25, 0.3) is 0 Å². The van der Waals surface area contributed by atoms with E-state index >= 15 is 0 Å². The van der Waals surface area contributed by atoms with E-state index in [4.69, 9.17) is 0 Å². The SMILES string of the molecule is CNCc1ccc(N2CCN(S(C)(=O)=O)CC2)c(C#N)c1. The van der Waals surface area contributed by atoms with Crippen LogP contribution in [-0.2, 0) is 16.6 Å². The van der Waals surface area contributed by atoms with Gasteiger partial charge in [0, 0.05) is 32.7 Å². The van der Waals surface area contributed by atoms with Crippen molar-refractivity contribution >= 4 is 15.7 Å². The molecule has 0 radical (unpaired) electrons. The van der Waals surface area contributed by atoms with Crippen molar-refractivity contribution in [3.05, 3.63) is 29.3 Å². The molecule has 0 atom stereocenters. The summed E-state index contributed by atoms with van der Waals surface area (Å²) < 4.78 is 24.5. The smallest absolute Gasteiger partial charge is 0.211 e. The minimum atomic E-state index is -3.13. The normalized spacial score (nSPS) is 16.7. The summed E-state index contributed by atoms with van der Waals surface area (Å²) in [5.41, 5.74) is 2.58. The van der Waals surface area contributed by atoms with E-state index in [1.807, 2.05) is 25.2 Å². The van der Waals surface area contributed by atoms with Crippen molar-refractivity contribution in [1.29, 1.82) is 5.26 Å². The Bertz CT molecular complexity index is 643. The molecular formula is C14H20N4O2S. The van der Waals surface area contributed by atoms with Gasteiger partial charge in [-0.05, 0) is 24.7 Å². The Morgan fingerprint density at radius 1 is 1.29 bits per heavy atom. The second-order valence-corrected chi connectivity index (χ2v) is 7.13. The standard InChI is InChI=1S/C14H20N4O2S/c1-16-11-12-3-4-14(13(9-12)10-15)17-5-7-18(8-6-17)21(2,19)20/h3-4,9,16H,5-8,11H2,1-2H3. The molecule has 1 fully saturated rings. The predicted molar refractivity (Wildman–Crippen MR) is 82.6 cm³/mol. The number of sulfonamides is 1. The third-order valence-corrected chi connectivity index (χ3v) is 4.91. The monoisotopic (exact) mass is 308 g/mol. The zero-order valence-corrected chi connectivity index (χ0v) is 13.2. The lowest BCUT2D eigenvalue weighted by atomic mass is 10.1. The molecule has 0 saturated carbocycles. The summed E-state index contributed by atoms with van der Waals surface area (Å²) in [6.45, 7) is 2.85. The van der Waals surface area contributed by atoms with Gasteiger partial charge in [0.05, 0.1) is 17.5 Å². The Balaban J connectivity index is 2.15. The van der Waals surface area contributed by atoms with Crippen LogP contribution in [0.3, 0.4) is 0 Å². The van der Waals surface area contributed by atoms with Crippen molar-refractivity contribution in [2.45, 2.75) is 6.54 Å². The lowest BCUT2D eigenvalue weighted by Gasteiger charge is -2.35. The average molecular weight is 308 g/mol. The second-order valence-electron chi connectivity index (χ2n) is 5.14. The first-order valence-electron chi connectivity index (χ1n) is 6.83. The summed E-state index contributed by atoms with van der Waals surface area (Å²) >= 11 is 0. The molecule has 114 valence electrons. The van der Waals surface area contributed by atoms with E-state index < -0.39 is 10.0 Å². The zero-order chi connectivity index (χ0) is 15.5. The molecule has 1 aliphatic rings. The minimum Gasteiger partial charge on any atom is -0.368 e. The highest BCUT2D eigenvalue weighted by molar-refractivity contribution is 7.88. The Morgan fingerprint density at radius 2 is 1.95 bits per heavy atom. The molecule has 1 aromatic rings. The fourth-order valence-corrected chi connectivity index (χ4v) is 3.35. The first-order valence-corrected chi connectivity index (χ1v) is 8.68. The highest BCUT2D eigenvalue weighted by Crippen LogP contribution is 2.23. The Kier molecular flexibility index (Phi) is 4.83. The quantitative estimate of drug-likeness (QED) is 0.869. The van der Waals surface area contributed by atoms with Gasteiger partial charge in [-0.3, -0.25) is 0 Å². The van der Waals surface area contributed by atoms with E-state index in [9.17, 15) is 13.7 Å². The summed E-state index contributed by atoms with van der Waals surface area (Å²) in [6, 6.07) is 8.06. The van der Waals surface area contributed by atoms with Crippen LogP contribution in [0.5, 0.6) is 0 Å². The molecule has 1 aliphatic heterocycles. The summed E-state index contributed by atoms with van der Waals surface area (Å²) in [5, 5.41) is 12.4. The number of nitrogens with zero attached hydrogens (tertiary/aromatic N) is 3. The van der Waals surface area contributed by atoms with Gasteiger partial charge in [-0.1, -0.05) is 6.07 Å². The summed E-state index contributed by atoms with van der Waals surface area (Å²) in [4.78, 5) is 2.07. The number of nitrogens with one attached hydrogen (secondary N) is 1. The fourth-order valence-electron chi connectivity index (χ4n) is 2.52. The number of nitriles is 1. The lowest BCUT2D eigenvalue weighted by Crippen LogP contribution is -2.48. The van der Waals surface area contributed by atoms with Crippen LogP contribution in [-0.4, -0.2) is 52.2 Å². The van der Waals surface area contributed by atoms with Crippen molar-refractivity contribution in [3.63, 3.8) is 0 Å². The van der Waals surface area contributed by atoms with Crippen LogP contribution >= 0.6 is 0 Å². The van der Waals surface area contributed by atoms with Crippen molar-refractivity contribution < 1.29 is 8.42 Å². The zero-order valence-electron chi connectivity index (χ0n) is 12.3. The Labute approximate surface area is 126 Å². The molecule has 7 heteroatoms. The maximum absolute atomic E-state index is 11.5. The van der Waals surface area contributed by atoms with E-state index in [0.29, 0.717) is 31.7 Å². The first-order chi connectivity index (χ1) is 9.95. The number of anilines is 1. The van der Waals surface area contributed by atoms with Gasteiger partial charge in [0.2, 0.25) is 10.0 Å². The summed E-state index contributed by atoms with van der Waals surface area (Å²) in [7, 11) is -1.26. The van der Waals surface area contributed by atoms with Crippen molar-refractivity contribution in [2.24, 2.45) is 0 Å². The van der Waals surface area contributed by atoms with E-state index in [1.54, 1.807) is 0 Å². The molecule has 0 aliphatic carbocycles. The van der Waals surface area contributed by atoms with Crippen molar-refractivity contribution in [2.75, 3.05) is 44.4 Å². The first kappa shape index (κ1) is 15.8. The minimum absolute atomic E-state index is 0.460. The topological polar surface area (TPSA) is 76.4 Å². The van der Waals surface area contributed by atoms with E-state index in [2.05, 4.69) is 16.3 Å². The van der Waals surface area contributed by atoms with Crippen molar-refractivity contribution in [1.82, 2.24) is 9.62 Å². The van der Waals surface area contributed by atoms with Gasteiger partial charge in [-0.15, -0.1) is 0 Å². The number of benzene rings is 1. The number of piperazine rings is 1. The Hall–Kier alpha value is -1.62. The number of rotatable bonds is 4. The van der Waals surface area contributed by atoms with Gasteiger partial charge in [-0.25, -0.2) is 8.42 Å². The lowest BCUT2D eigenvalue weighted by molar-refractivity contribution is 0.388. The van der Waals surface area contributed by atoms with Crippen LogP contribution < -0.4 is 10.2 Å². The second kappa shape index (κ2) is 6.43. The summed E-state index contributed by atoms with van der Waals surface area (Å²) in [6.07, 6.45) is 1.23. The Morgan fingerprint density at radius 3 is 2.48 bits per heavy atom. The molecule has 2 rings (SSSR count). The van der Waals surface area contributed by atoms with Gasteiger partial charge in [-0.2, -0.15) is 9.57 Å². The molecule has 0 aromatic heterocycles. The molecule has 21 heavy (non-hydrogen) atoms. The van der Waals surface area contributed by atoms with Crippen LogP contribution in [0.4, 0.5) is 5.69 Å². The third kappa shape index (κ3) is 3.73. The molecular weight excluding hydrogens is 288 g/mol. The molecule has 1 heterocycles. The molecule has 0 spiro atoms. The largest absolute Gasteiger partial charge is 0.368 e. The highest BCUT2D eigenvalue weighted by atomic mass is 32.2. The number of hydrogen-bond donors (Lipinski definition) is 1. The molecule has 0 bridgehead atoms.